The highest BCUT2D eigenvalue weighted by molar-refractivity contribution is 7.13. The minimum absolute atomic E-state index is 0.0545. The van der Waals surface area contributed by atoms with Crippen LogP contribution in [0.4, 0.5) is 0 Å². The number of carbonyl (C=O) groups is 2. The number of aromatic nitrogens is 1. The highest BCUT2D eigenvalue weighted by Crippen LogP contribution is 2.26. The number of rotatable bonds is 6. The molecule has 0 saturated carbocycles. The third-order valence-electron chi connectivity index (χ3n) is 4.16. The summed E-state index contributed by atoms with van der Waals surface area (Å²) in [6.45, 7) is 2.26. The molecule has 0 radical (unpaired) electrons. The molecule has 0 fully saturated rings. The maximum absolute atomic E-state index is 12.6. The molecule has 1 amide bonds. The summed E-state index contributed by atoms with van der Waals surface area (Å²) in [5.74, 6) is 0.768. The maximum Gasteiger partial charge on any atom is 0.337 e. The molecular weight excluding hydrogens is 364 g/mol. The number of thiophene rings is 1. The van der Waals surface area contributed by atoms with E-state index in [4.69, 9.17) is 4.42 Å². The Bertz CT molecular complexity index is 930. The van der Waals surface area contributed by atoms with Gasteiger partial charge >= 0.3 is 5.97 Å². The molecule has 0 bridgehead atoms. The quantitative estimate of drug-likeness (QED) is 0.606. The van der Waals surface area contributed by atoms with Crippen molar-refractivity contribution >= 4 is 23.2 Å². The van der Waals surface area contributed by atoms with E-state index in [1.165, 1.54) is 7.11 Å². The van der Waals surface area contributed by atoms with Crippen LogP contribution in [-0.2, 0) is 22.5 Å². The molecule has 27 heavy (non-hydrogen) atoms. The van der Waals surface area contributed by atoms with E-state index in [0.717, 1.165) is 10.4 Å². The van der Waals surface area contributed by atoms with Crippen molar-refractivity contribution in [1.29, 1.82) is 0 Å². The molecule has 3 rings (SSSR count). The average Bonchev–Trinajstić information content (AvgIpc) is 3.32. The first kappa shape index (κ1) is 18.8. The first-order valence-corrected chi connectivity index (χ1v) is 9.27. The summed E-state index contributed by atoms with van der Waals surface area (Å²) in [6, 6.07) is 10.9. The zero-order chi connectivity index (χ0) is 19.4. The number of ether oxygens (including phenoxy) is 1. The van der Waals surface area contributed by atoms with Gasteiger partial charge in [0.1, 0.15) is 5.76 Å². The van der Waals surface area contributed by atoms with E-state index in [1.807, 2.05) is 36.6 Å². The summed E-state index contributed by atoms with van der Waals surface area (Å²) in [5.41, 5.74) is 2.06. The van der Waals surface area contributed by atoms with Crippen molar-refractivity contribution < 1.29 is 18.7 Å². The lowest BCUT2D eigenvalue weighted by Crippen LogP contribution is -2.28. The van der Waals surface area contributed by atoms with Gasteiger partial charge in [-0.15, -0.1) is 11.3 Å². The number of oxazole rings is 1. The molecule has 0 N–H and O–H groups in total. The Kier molecular flexibility index (Phi) is 5.71. The molecule has 0 aliphatic carbocycles. The molecule has 7 heteroatoms. The average molecular weight is 384 g/mol. The second-order valence-corrected chi connectivity index (χ2v) is 7.06. The Hall–Kier alpha value is -2.93. The lowest BCUT2D eigenvalue weighted by atomic mass is 10.1. The molecule has 0 unspecified atom stereocenters. The summed E-state index contributed by atoms with van der Waals surface area (Å²) in [6.07, 6.45) is 0.178. The van der Waals surface area contributed by atoms with Gasteiger partial charge in [-0.2, -0.15) is 0 Å². The van der Waals surface area contributed by atoms with E-state index in [-0.39, 0.29) is 18.3 Å². The molecule has 140 valence electrons. The molecule has 0 aliphatic heterocycles. The van der Waals surface area contributed by atoms with Crippen molar-refractivity contribution in [2.24, 2.45) is 0 Å². The normalized spacial score (nSPS) is 10.6. The number of benzene rings is 1. The zero-order valence-electron chi connectivity index (χ0n) is 15.4. The molecule has 2 heterocycles. The second kappa shape index (κ2) is 8.18. The lowest BCUT2D eigenvalue weighted by Gasteiger charge is -2.17. The predicted octanol–water partition coefficient (Wildman–Crippen LogP) is 3.70. The van der Waals surface area contributed by atoms with Gasteiger partial charge in [0, 0.05) is 13.6 Å². The number of amides is 1. The third-order valence-corrected chi connectivity index (χ3v) is 5.02. The molecule has 2 aromatic heterocycles. The van der Waals surface area contributed by atoms with Crippen LogP contribution in [0.15, 0.2) is 46.2 Å². The van der Waals surface area contributed by atoms with Gasteiger partial charge in [0.25, 0.3) is 0 Å². The fourth-order valence-electron chi connectivity index (χ4n) is 2.60. The maximum atomic E-state index is 12.6. The molecular formula is C20H20N2O4S. The van der Waals surface area contributed by atoms with Gasteiger partial charge in [-0.25, -0.2) is 9.78 Å². The lowest BCUT2D eigenvalue weighted by molar-refractivity contribution is -0.129. The first-order chi connectivity index (χ1) is 13.0. The number of hydrogen-bond donors (Lipinski definition) is 0. The Balaban J connectivity index is 1.63. The number of likely N-dealkylation sites (N-methyl/N-ethyl adjacent to an activating group) is 1. The molecule has 3 aromatic rings. The fourth-order valence-corrected chi connectivity index (χ4v) is 3.25. The Labute approximate surface area is 161 Å². The highest BCUT2D eigenvalue weighted by Gasteiger charge is 2.18. The highest BCUT2D eigenvalue weighted by atomic mass is 32.1. The van der Waals surface area contributed by atoms with E-state index in [2.05, 4.69) is 9.72 Å². The van der Waals surface area contributed by atoms with Gasteiger partial charge in [0.2, 0.25) is 11.8 Å². The summed E-state index contributed by atoms with van der Waals surface area (Å²) in [7, 11) is 3.09. The van der Waals surface area contributed by atoms with Crippen LogP contribution in [0.5, 0.6) is 0 Å². The van der Waals surface area contributed by atoms with Crippen LogP contribution in [0.1, 0.15) is 27.4 Å². The largest absolute Gasteiger partial charge is 0.465 e. The second-order valence-electron chi connectivity index (χ2n) is 6.11. The van der Waals surface area contributed by atoms with Crippen LogP contribution in [0.2, 0.25) is 0 Å². The summed E-state index contributed by atoms with van der Waals surface area (Å²) < 4.78 is 10.4. The van der Waals surface area contributed by atoms with Crippen LogP contribution in [-0.4, -0.2) is 35.9 Å². The van der Waals surface area contributed by atoms with Crippen LogP contribution in [0, 0.1) is 6.92 Å². The van der Waals surface area contributed by atoms with Gasteiger partial charge in [0.15, 0.2) is 0 Å². The Morgan fingerprint density at radius 1 is 1.22 bits per heavy atom. The number of methoxy groups -OCH3 is 1. The minimum Gasteiger partial charge on any atom is -0.465 e. The number of hydrogen-bond acceptors (Lipinski definition) is 6. The van der Waals surface area contributed by atoms with E-state index in [0.29, 0.717) is 29.5 Å². The van der Waals surface area contributed by atoms with Crippen LogP contribution in [0.3, 0.4) is 0 Å². The number of nitrogens with zero attached hydrogens (tertiary/aromatic N) is 2. The van der Waals surface area contributed by atoms with E-state index < -0.39 is 0 Å². The van der Waals surface area contributed by atoms with Crippen molar-refractivity contribution in [2.75, 3.05) is 14.2 Å². The van der Waals surface area contributed by atoms with E-state index in [1.54, 1.807) is 35.4 Å². The minimum atomic E-state index is -0.381. The van der Waals surface area contributed by atoms with Gasteiger partial charge in [-0.1, -0.05) is 18.2 Å². The smallest absolute Gasteiger partial charge is 0.337 e. The summed E-state index contributed by atoms with van der Waals surface area (Å²) in [4.78, 5) is 31.1. The van der Waals surface area contributed by atoms with Crippen LogP contribution in [0.25, 0.3) is 10.8 Å². The van der Waals surface area contributed by atoms with Crippen molar-refractivity contribution in [3.8, 4) is 10.8 Å². The molecule has 0 aliphatic rings. The Morgan fingerprint density at radius 2 is 1.96 bits per heavy atom. The SMILES string of the molecule is COC(=O)c1ccc(CN(C)C(=O)Cc2nc(-c3cccs3)oc2C)cc1. The molecule has 1 aromatic carbocycles. The Morgan fingerprint density at radius 3 is 2.59 bits per heavy atom. The topological polar surface area (TPSA) is 72.6 Å². The molecule has 0 saturated heterocycles. The number of esters is 1. The number of carbonyl (C=O) groups excluding carboxylic acids is 2. The van der Waals surface area contributed by atoms with Gasteiger partial charge in [0.05, 0.1) is 29.7 Å². The van der Waals surface area contributed by atoms with Crippen LogP contribution >= 0.6 is 11.3 Å². The predicted molar refractivity (Wildman–Crippen MR) is 103 cm³/mol. The van der Waals surface area contributed by atoms with E-state index in [9.17, 15) is 9.59 Å². The zero-order valence-corrected chi connectivity index (χ0v) is 16.2. The van der Waals surface area contributed by atoms with Crippen molar-refractivity contribution in [3.63, 3.8) is 0 Å². The van der Waals surface area contributed by atoms with Gasteiger partial charge in [-0.3, -0.25) is 4.79 Å². The molecule has 0 atom stereocenters. The van der Waals surface area contributed by atoms with Gasteiger partial charge < -0.3 is 14.1 Å². The number of aryl methyl sites for hydroxylation is 1. The third kappa shape index (κ3) is 4.43. The molecule has 0 spiro atoms. The van der Waals surface area contributed by atoms with Crippen molar-refractivity contribution in [1.82, 2.24) is 9.88 Å². The van der Waals surface area contributed by atoms with Crippen molar-refractivity contribution in [2.45, 2.75) is 19.9 Å². The molecule has 6 nitrogen and oxygen atoms in total. The monoisotopic (exact) mass is 384 g/mol. The summed E-state index contributed by atoms with van der Waals surface area (Å²) in [5, 5.41) is 1.96. The first-order valence-electron chi connectivity index (χ1n) is 8.39. The summed E-state index contributed by atoms with van der Waals surface area (Å²) >= 11 is 1.55. The van der Waals surface area contributed by atoms with Gasteiger partial charge in [-0.05, 0) is 36.1 Å². The fraction of sp³-hybridized carbons (Fsp3) is 0.250. The standard InChI is InChI=1S/C20H20N2O4S/c1-13-16(21-19(26-13)17-5-4-10-27-17)11-18(23)22(2)12-14-6-8-15(9-7-14)20(24)25-3/h4-10H,11-12H2,1-3H3. The van der Waals surface area contributed by atoms with E-state index >= 15 is 0 Å². The van der Waals surface area contributed by atoms with Crippen molar-refractivity contribution in [3.05, 3.63) is 64.4 Å². The van der Waals surface area contributed by atoms with Crippen LogP contribution < -0.4 is 0 Å².